The van der Waals surface area contributed by atoms with Crippen LogP contribution in [0.3, 0.4) is 0 Å². The van der Waals surface area contributed by atoms with Crippen molar-refractivity contribution in [2.75, 3.05) is 26.2 Å². The first-order valence-corrected chi connectivity index (χ1v) is 14.1. The van der Waals surface area contributed by atoms with E-state index in [1.54, 1.807) is 17.0 Å². The number of β-amino-alcohol motifs (C(OH)–C–C–N with tert-alkyl or cyclic N) is 1. The monoisotopic (exact) mass is 527 g/mol. The Balaban J connectivity index is 1.13. The van der Waals surface area contributed by atoms with Crippen LogP contribution >= 0.6 is 0 Å². The maximum atomic E-state index is 13.5. The van der Waals surface area contributed by atoms with Gasteiger partial charge in [-0.05, 0) is 72.4 Å². The molecular weight excluding hydrogens is 490 g/mol. The highest BCUT2D eigenvalue weighted by atomic mass is 16.3. The van der Waals surface area contributed by atoms with E-state index >= 15 is 0 Å². The Bertz CT molecular complexity index is 1360. The summed E-state index contributed by atoms with van der Waals surface area (Å²) in [5, 5.41) is 14.5. The number of carbonyl (C=O) groups is 2. The number of hydrogen-bond acceptors (Lipinski definition) is 5. The Hall–Kier alpha value is -3.25. The fourth-order valence-corrected chi connectivity index (χ4v) is 7.13. The average molecular weight is 528 g/mol. The molecule has 4 aliphatic rings. The van der Waals surface area contributed by atoms with Crippen molar-refractivity contribution in [1.29, 1.82) is 0 Å². The van der Waals surface area contributed by atoms with Crippen LogP contribution in [0.5, 0.6) is 0 Å². The first-order valence-electron chi connectivity index (χ1n) is 14.1. The Morgan fingerprint density at radius 2 is 1.85 bits per heavy atom. The Kier molecular flexibility index (Phi) is 6.49. The summed E-state index contributed by atoms with van der Waals surface area (Å²) in [7, 11) is 0. The zero-order valence-electron chi connectivity index (χ0n) is 22.8. The molecule has 2 fully saturated rings. The molecule has 0 bridgehead atoms. The minimum atomic E-state index is -0.684. The first-order chi connectivity index (χ1) is 18.7. The lowest BCUT2D eigenvalue weighted by Gasteiger charge is -2.48. The van der Waals surface area contributed by atoms with Crippen LogP contribution in [-0.4, -0.2) is 71.0 Å². The number of piperidine rings is 1. The molecule has 0 radical (unpaired) electrons. The van der Waals surface area contributed by atoms with Crippen molar-refractivity contribution >= 4 is 17.8 Å². The summed E-state index contributed by atoms with van der Waals surface area (Å²) in [6.07, 6.45) is 3.52. The van der Waals surface area contributed by atoms with Gasteiger partial charge in [0.25, 0.3) is 11.8 Å². The molecule has 2 aromatic rings. The Labute approximate surface area is 229 Å². The van der Waals surface area contributed by atoms with Crippen LogP contribution in [0.15, 0.2) is 48.0 Å². The lowest BCUT2D eigenvalue weighted by atomic mass is 9.61. The molecule has 0 unspecified atom stereocenters. The summed E-state index contributed by atoms with van der Waals surface area (Å²) in [5.41, 5.74) is 5.31. The third-order valence-corrected chi connectivity index (χ3v) is 9.52. The van der Waals surface area contributed by atoms with E-state index in [0.29, 0.717) is 37.3 Å². The van der Waals surface area contributed by atoms with Crippen molar-refractivity contribution in [3.8, 4) is 0 Å². The Morgan fingerprint density at radius 1 is 1.13 bits per heavy atom. The third kappa shape index (κ3) is 4.73. The van der Waals surface area contributed by atoms with Crippen molar-refractivity contribution in [2.24, 2.45) is 5.41 Å². The minimum absolute atomic E-state index is 0.00267. The number of benzene rings is 2. The van der Waals surface area contributed by atoms with Gasteiger partial charge in [-0.3, -0.25) is 9.59 Å². The molecule has 204 valence electrons. The summed E-state index contributed by atoms with van der Waals surface area (Å²) in [6.45, 7) is 7.03. The number of aliphatic hydroxyl groups is 1. The van der Waals surface area contributed by atoms with Crippen LogP contribution in [0.25, 0.3) is 0 Å². The van der Waals surface area contributed by atoms with Gasteiger partial charge in [-0.1, -0.05) is 38.1 Å². The highest BCUT2D eigenvalue weighted by Gasteiger charge is 2.44. The molecule has 2 atom stereocenters. The highest BCUT2D eigenvalue weighted by Crippen LogP contribution is 2.51. The number of amides is 2. The van der Waals surface area contributed by atoms with Gasteiger partial charge in [0.15, 0.2) is 0 Å². The van der Waals surface area contributed by atoms with Crippen molar-refractivity contribution < 1.29 is 19.5 Å². The van der Waals surface area contributed by atoms with Crippen LogP contribution in [-0.2, 0) is 23.2 Å². The molecule has 2 N–H and O–H groups in total. The predicted octanol–water partition coefficient (Wildman–Crippen LogP) is 3.27. The van der Waals surface area contributed by atoms with Crippen LogP contribution < -0.4 is 5.32 Å². The number of aliphatic hydroxyl groups excluding tert-OH is 1. The van der Waals surface area contributed by atoms with E-state index in [0.717, 1.165) is 43.2 Å². The minimum Gasteiger partial charge on any atom is -0.390 e. The van der Waals surface area contributed by atoms with Gasteiger partial charge < -0.3 is 20.2 Å². The van der Waals surface area contributed by atoms with Crippen molar-refractivity contribution in [2.45, 2.75) is 70.1 Å². The molecule has 2 aromatic carbocycles. The number of nitrogens with zero attached hydrogens (tertiary/aromatic N) is 2. The summed E-state index contributed by atoms with van der Waals surface area (Å²) in [4.78, 5) is 41.5. The number of fused-ring (bicyclic) bond motifs is 2. The maximum Gasteiger partial charge on any atom is 0.254 e. The zero-order chi connectivity index (χ0) is 27.4. The second kappa shape index (κ2) is 9.74. The van der Waals surface area contributed by atoms with Gasteiger partial charge in [-0.2, -0.15) is 0 Å². The van der Waals surface area contributed by atoms with E-state index < -0.39 is 6.10 Å². The second-order valence-corrected chi connectivity index (χ2v) is 12.7. The molecule has 0 aromatic heterocycles. The van der Waals surface area contributed by atoms with Gasteiger partial charge in [0.2, 0.25) is 0 Å². The smallest absolute Gasteiger partial charge is 0.254 e. The molecule has 39 heavy (non-hydrogen) atoms. The molecule has 7 heteroatoms. The van der Waals surface area contributed by atoms with E-state index in [1.807, 2.05) is 29.0 Å². The van der Waals surface area contributed by atoms with Gasteiger partial charge in [0.05, 0.1) is 6.10 Å². The van der Waals surface area contributed by atoms with E-state index in [2.05, 4.69) is 31.3 Å². The molecule has 1 aliphatic carbocycles. The number of carbonyl (C=O) groups excluding carboxylic acids is 3. The first kappa shape index (κ1) is 26.0. The number of nitrogens with one attached hydrogen (secondary N) is 1. The van der Waals surface area contributed by atoms with E-state index in [4.69, 9.17) is 0 Å². The summed E-state index contributed by atoms with van der Waals surface area (Å²) in [6, 6.07) is 13.6. The number of likely N-dealkylation sites (tertiary alicyclic amines) is 1. The quantitative estimate of drug-likeness (QED) is 0.596. The lowest BCUT2D eigenvalue weighted by Crippen LogP contribution is -2.54. The molecular formula is C32H37N3O4. The molecule has 1 saturated carbocycles. The second-order valence-electron chi connectivity index (χ2n) is 12.7. The standard InChI is InChI=1S/C32H37N3O4/c1-31(2)20-35(18-28(37)27-14-22-5-3-4-6-24(22)17-33-27)30(39)25-8-7-23(13-26(25)31)29(38)34-11-9-32(10-12-34)15-21(16-32)19-36/h3-8,13,27-28,33,37H,9-12,14-18,20H2,1-2H3/t27-,28+/m1/s1. The fourth-order valence-electron chi connectivity index (χ4n) is 7.13. The number of hydrogen-bond donors (Lipinski definition) is 2. The van der Waals surface area contributed by atoms with Crippen molar-refractivity contribution in [3.05, 3.63) is 75.9 Å². The van der Waals surface area contributed by atoms with Gasteiger partial charge in [-0.25, -0.2) is 4.79 Å². The maximum absolute atomic E-state index is 13.5. The van der Waals surface area contributed by atoms with E-state index in [-0.39, 0.29) is 35.2 Å². The molecule has 2 amide bonds. The van der Waals surface area contributed by atoms with Gasteiger partial charge >= 0.3 is 0 Å². The van der Waals surface area contributed by atoms with Gasteiger partial charge in [0, 0.05) is 60.9 Å². The number of allylic oxidation sites excluding steroid dienone is 1. The van der Waals surface area contributed by atoms with E-state index in [1.165, 1.54) is 11.1 Å². The lowest BCUT2D eigenvalue weighted by molar-refractivity contribution is 0.0441. The normalized spacial score (nSPS) is 23.9. The molecule has 7 nitrogen and oxygen atoms in total. The van der Waals surface area contributed by atoms with Crippen LogP contribution in [0.2, 0.25) is 0 Å². The van der Waals surface area contributed by atoms with Crippen LogP contribution in [0, 0.1) is 5.41 Å². The number of rotatable bonds is 4. The molecule has 3 heterocycles. The SMILES string of the molecule is CC1(C)CN(C[C@H](O)[C@H]2Cc3ccccc3CN2)C(=O)c2ccc(C(=O)N3CCC4(CC3)CC(=C=O)C4)cc21. The van der Waals surface area contributed by atoms with Crippen molar-refractivity contribution in [1.82, 2.24) is 15.1 Å². The molecule has 1 spiro atoms. The molecule has 1 saturated heterocycles. The average Bonchev–Trinajstić information content (AvgIpc) is 2.93. The van der Waals surface area contributed by atoms with E-state index in [9.17, 15) is 19.5 Å². The summed E-state index contributed by atoms with van der Waals surface area (Å²) >= 11 is 0. The van der Waals surface area contributed by atoms with Crippen LogP contribution in [0.4, 0.5) is 0 Å². The van der Waals surface area contributed by atoms with Gasteiger partial charge in [0.1, 0.15) is 5.94 Å². The largest absolute Gasteiger partial charge is 0.390 e. The van der Waals surface area contributed by atoms with Crippen molar-refractivity contribution in [3.63, 3.8) is 0 Å². The van der Waals surface area contributed by atoms with Crippen LogP contribution in [0.1, 0.15) is 76.9 Å². The fraction of sp³-hybridized carbons (Fsp3) is 0.500. The third-order valence-electron chi connectivity index (χ3n) is 9.52. The summed E-state index contributed by atoms with van der Waals surface area (Å²) < 4.78 is 0. The zero-order valence-corrected chi connectivity index (χ0v) is 22.8. The molecule has 6 rings (SSSR count). The Morgan fingerprint density at radius 3 is 2.56 bits per heavy atom. The van der Waals surface area contributed by atoms with Gasteiger partial charge in [-0.15, -0.1) is 0 Å². The summed E-state index contributed by atoms with van der Waals surface area (Å²) in [5.74, 6) is 1.95. The molecule has 3 aliphatic heterocycles. The highest BCUT2D eigenvalue weighted by molar-refractivity contribution is 6.00. The topological polar surface area (TPSA) is 89.9 Å². The predicted molar refractivity (Wildman–Crippen MR) is 148 cm³/mol.